The lowest BCUT2D eigenvalue weighted by Crippen LogP contribution is -2.18. The Balaban J connectivity index is 1.66. The van der Waals surface area contributed by atoms with Crippen LogP contribution in [0.2, 0.25) is 0 Å². The van der Waals surface area contributed by atoms with E-state index in [0.717, 1.165) is 39.7 Å². The van der Waals surface area contributed by atoms with Gasteiger partial charge in [-0.25, -0.2) is 0 Å². The average Bonchev–Trinajstić information content (AvgIpc) is 3.07. The molecule has 0 heterocycles. The maximum atomic E-state index is 2.42. The number of para-hydroxylation sites is 3. The van der Waals surface area contributed by atoms with Gasteiger partial charge in [-0.1, -0.05) is 145 Å². The third-order valence-corrected chi connectivity index (χ3v) is 8.58. The molecule has 0 bridgehead atoms. The molecule has 0 aliphatic rings. The van der Waals surface area contributed by atoms with Crippen molar-refractivity contribution < 1.29 is 0 Å². The highest BCUT2D eigenvalue weighted by atomic mass is 15.2. The number of hydrogen-bond donors (Lipinski definition) is 0. The number of nitrogens with zero attached hydrogens (tertiary/aromatic N) is 2. The fourth-order valence-corrected chi connectivity index (χ4v) is 6.01. The van der Waals surface area contributed by atoms with Crippen LogP contribution in [0, 0.1) is 0 Å². The van der Waals surface area contributed by atoms with Gasteiger partial charge in [-0.3, -0.25) is 0 Å². The molecule has 0 unspecified atom stereocenters. The van der Waals surface area contributed by atoms with E-state index in [-0.39, 0.29) is 10.8 Å². The molecule has 46 heavy (non-hydrogen) atoms. The molecule has 6 rings (SSSR count). The topological polar surface area (TPSA) is 6.48 Å². The molecule has 0 fully saturated rings. The van der Waals surface area contributed by atoms with Gasteiger partial charge in [0.2, 0.25) is 0 Å². The zero-order valence-electron chi connectivity index (χ0n) is 27.9. The molecule has 0 radical (unpaired) electrons. The summed E-state index contributed by atoms with van der Waals surface area (Å²) in [6.07, 6.45) is 0. The van der Waals surface area contributed by atoms with E-state index in [4.69, 9.17) is 0 Å². The predicted octanol–water partition coefficient (Wildman–Crippen LogP) is 12.9. The quantitative estimate of drug-likeness (QED) is 0.180. The van der Waals surface area contributed by atoms with Crippen molar-refractivity contribution in [2.45, 2.75) is 52.4 Å². The summed E-state index contributed by atoms with van der Waals surface area (Å²) in [5.41, 5.74) is 11.7. The Morgan fingerprint density at radius 1 is 0.348 bits per heavy atom. The van der Waals surface area contributed by atoms with E-state index in [9.17, 15) is 0 Å². The summed E-state index contributed by atoms with van der Waals surface area (Å²) in [6.45, 7) is 13.6. The molecule has 0 atom stereocenters. The maximum Gasteiger partial charge on any atom is 0.0781 e. The lowest BCUT2D eigenvalue weighted by atomic mass is 9.87. The fraction of sp³-hybridized carbons (Fsp3) is 0.182. The molecule has 230 valence electrons. The van der Waals surface area contributed by atoms with E-state index in [2.05, 4.69) is 209 Å². The SMILES string of the molecule is CC(C)(C)c1ccc(N(c2ccccc2)c2cccc(-c3ccccc3)c2N(c2ccccc2)c2ccc(C(C)(C)C)cc2)cc1. The lowest BCUT2D eigenvalue weighted by molar-refractivity contribution is 0.590. The highest BCUT2D eigenvalue weighted by Crippen LogP contribution is 2.50. The van der Waals surface area contributed by atoms with E-state index in [1.54, 1.807) is 0 Å². The smallest absolute Gasteiger partial charge is 0.0781 e. The standard InChI is InChI=1S/C44H44N2/c1-43(2,3)34-25-29-38(30-26-34)45(36-19-12-8-13-20-36)41-24-16-23-40(33-17-10-7-11-18-33)42(41)46(37-21-14-9-15-22-37)39-31-27-35(28-32-39)44(4,5)6/h7-32H,1-6H3. The number of rotatable bonds is 7. The van der Waals surface area contributed by atoms with E-state index in [0.29, 0.717) is 0 Å². The van der Waals surface area contributed by atoms with Crippen LogP contribution in [0.1, 0.15) is 52.7 Å². The predicted molar refractivity (Wildman–Crippen MR) is 199 cm³/mol. The van der Waals surface area contributed by atoms with Gasteiger partial charge in [0.15, 0.2) is 0 Å². The molecule has 6 aromatic carbocycles. The molecule has 0 N–H and O–H groups in total. The fourth-order valence-electron chi connectivity index (χ4n) is 6.01. The molecule has 0 aliphatic carbocycles. The van der Waals surface area contributed by atoms with Gasteiger partial charge in [0.05, 0.1) is 11.4 Å². The Hall–Kier alpha value is -5.08. The van der Waals surface area contributed by atoms with Gasteiger partial charge >= 0.3 is 0 Å². The molecule has 2 heteroatoms. The molecular formula is C44H44N2. The van der Waals surface area contributed by atoms with Crippen LogP contribution in [-0.4, -0.2) is 0 Å². The summed E-state index contributed by atoms with van der Waals surface area (Å²) in [6, 6.07) is 57.0. The molecule has 2 nitrogen and oxygen atoms in total. The zero-order valence-corrected chi connectivity index (χ0v) is 27.9. The van der Waals surface area contributed by atoms with Crippen LogP contribution >= 0.6 is 0 Å². The summed E-state index contributed by atoms with van der Waals surface area (Å²) in [5, 5.41) is 0. The van der Waals surface area contributed by atoms with Crippen molar-refractivity contribution in [3.05, 3.63) is 169 Å². The molecule has 0 spiro atoms. The van der Waals surface area contributed by atoms with Crippen LogP contribution in [-0.2, 0) is 10.8 Å². The molecule has 0 saturated carbocycles. The average molecular weight is 601 g/mol. The van der Waals surface area contributed by atoms with E-state index in [1.807, 2.05) is 0 Å². The first-order chi connectivity index (χ1) is 22.1. The minimum Gasteiger partial charge on any atom is -0.308 e. The first-order valence-corrected chi connectivity index (χ1v) is 16.2. The Bertz CT molecular complexity index is 1860. The van der Waals surface area contributed by atoms with E-state index < -0.39 is 0 Å². The first kappa shape index (κ1) is 30.9. The molecule has 0 amide bonds. The monoisotopic (exact) mass is 600 g/mol. The van der Waals surface area contributed by atoms with E-state index in [1.165, 1.54) is 16.7 Å². The summed E-state index contributed by atoms with van der Waals surface area (Å²) in [5.74, 6) is 0. The minimum atomic E-state index is 0.0620. The highest BCUT2D eigenvalue weighted by Gasteiger charge is 2.26. The second-order valence-corrected chi connectivity index (χ2v) is 14.0. The van der Waals surface area contributed by atoms with Gasteiger partial charge in [0.25, 0.3) is 0 Å². The largest absolute Gasteiger partial charge is 0.308 e. The Labute approximate surface area is 275 Å². The van der Waals surface area contributed by atoms with Crippen LogP contribution < -0.4 is 9.80 Å². The third kappa shape index (κ3) is 6.48. The number of anilines is 6. The summed E-state index contributed by atoms with van der Waals surface area (Å²) < 4.78 is 0. The van der Waals surface area contributed by atoms with Crippen LogP contribution in [0.15, 0.2) is 158 Å². The van der Waals surface area contributed by atoms with Crippen molar-refractivity contribution in [3.63, 3.8) is 0 Å². The van der Waals surface area contributed by atoms with Crippen LogP contribution in [0.4, 0.5) is 34.1 Å². The van der Waals surface area contributed by atoms with E-state index >= 15 is 0 Å². The summed E-state index contributed by atoms with van der Waals surface area (Å²) >= 11 is 0. The van der Waals surface area contributed by atoms with Crippen molar-refractivity contribution >= 4 is 34.1 Å². The molecule has 0 saturated heterocycles. The van der Waals surface area contributed by atoms with Gasteiger partial charge < -0.3 is 9.80 Å². The second-order valence-electron chi connectivity index (χ2n) is 14.0. The van der Waals surface area contributed by atoms with Gasteiger partial charge in [-0.05, 0) is 82.1 Å². The summed E-state index contributed by atoms with van der Waals surface area (Å²) in [7, 11) is 0. The highest BCUT2D eigenvalue weighted by molar-refractivity contribution is 5.99. The molecule has 6 aromatic rings. The van der Waals surface area contributed by atoms with Crippen molar-refractivity contribution in [3.8, 4) is 11.1 Å². The minimum absolute atomic E-state index is 0.0620. The van der Waals surface area contributed by atoms with Gasteiger partial charge in [-0.15, -0.1) is 0 Å². The molecule has 0 aliphatic heterocycles. The van der Waals surface area contributed by atoms with Crippen LogP contribution in [0.25, 0.3) is 11.1 Å². The third-order valence-electron chi connectivity index (χ3n) is 8.58. The van der Waals surface area contributed by atoms with Crippen molar-refractivity contribution in [2.75, 3.05) is 9.80 Å². The summed E-state index contributed by atoms with van der Waals surface area (Å²) in [4.78, 5) is 4.82. The second kappa shape index (κ2) is 12.7. The Kier molecular flexibility index (Phi) is 8.56. The normalized spacial score (nSPS) is 11.7. The lowest BCUT2D eigenvalue weighted by Gasteiger charge is -2.35. The number of hydrogen-bond acceptors (Lipinski definition) is 2. The Morgan fingerprint density at radius 3 is 1.20 bits per heavy atom. The number of benzene rings is 6. The van der Waals surface area contributed by atoms with Crippen LogP contribution in [0.5, 0.6) is 0 Å². The van der Waals surface area contributed by atoms with Gasteiger partial charge in [-0.2, -0.15) is 0 Å². The van der Waals surface area contributed by atoms with Crippen LogP contribution in [0.3, 0.4) is 0 Å². The zero-order chi connectivity index (χ0) is 32.3. The van der Waals surface area contributed by atoms with Gasteiger partial charge in [0.1, 0.15) is 0 Å². The van der Waals surface area contributed by atoms with Crippen molar-refractivity contribution in [1.82, 2.24) is 0 Å². The molecule has 0 aromatic heterocycles. The maximum absolute atomic E-state index is 2.42. The van der Waals surface area contributed by atoms with Crippen molar-refractivity contribution in [2.24, 2.45) is 0 Å². The van der Waals surface area contributed by atoms with Gasteiger partial charge in [0, 0.05) is 28.3 Å². The van der Waals surface area contributed by atoms with Crippen molar-refractivity contribution in [1.29, 1.82) is 0 Å². The molecular weight excluding hydrogens is 556 g/mol. The first-order valence-electron chi connectivity index (χ1n) is 16.2. The Morgan fingerprint density at radius 2 is 0.739 bits per heavy atom.